The molecule has 2 aromatic heterocycles. The van der Waals surface area contributed by atoms with Crippen LogP contribution in [0, 0.1) is 0 Å². The minimum Gasteiger partial charge on any atom is -0.310 e. The van der Waals surface area contributed by atoms with Gasteiger partial charge in [-0.15, -0.1) is 22.7 Å². The number of thiophene rings is 2. The van der Waals surface area contributed by atoms with Crippen LogP contribution in [0.25, 0.3) is 107 Å². The summed E-state index contributed by atoms with van der Waals surface area (Å²) in [6.45, 7) is -0.171. The second kappa shape index (κ2) is 19.3. The maximum Gasteiger partial charge on any atom is 0.252 e. The first kappa shape index (κ1) is 47.7. The Morgan fingerprint density at radius 3 is 0.964 bits per heavy atom. The summed E-state index contributed by atoms with van der Waals surface area (Å²) in [7, 11) is 0. The summed E-state index contributed by atoms with van der Waals surface area (Å²) in [6, 6.07) is 111. The van der Waals surface area contributed by atoms with Gasteiger partial charge in [0.2, 0.25) is 0 Å². The molecule has 2 aliphatic rings. The van der Waals surface area contributed by atoms with Crippen molar-refractivity contribution in [3.63, 3.8) is 0 Å². The number of hydrogen-bond acceptors (Lipinski definition) is 4. The molecule has 4 heterocycles. The number of hydrogen-bond donors (Lipinski definition) is 0. The van der Waals surface area contributed by atoms with E-state index in [2.05, 4.69) is 307 Å². The van der Waals surface area contributed by atoms with Crippen molar-refractivity contribution in [1.29, 1.82) is 0 Å². The van der Waals surface area contributed by atoms with E-state index in [0.717, 1.165) is 45.0 Å². The van der Waals surface area contributed by atoms with Crippen LogP contribution in [0.15, 0.2) is 297 Å². The minimum absolute atomic E-state index is 0.171. The van der Waals surface area contributed by atoms with E-state index in [-0.39, 0.29) is 6.71 Å². The summed E-state index contributed by atoms with van der Waals surface area (Å²) < 4.78 is 5.22. The van der Waals surface area contributed by atoms with Crippen LogP contribution < -0.4 is 26.2 Å². The maximum atomic E-state index is 2.63. The largest absolute Gasteiger partial charge is 0.310 e. The maximum absolute atomic E-state index is 2.63. The molecule has 0 bridgehead atoms. The first-order valence-corrected chi connectivity index (χ1v) is 30.2. The molecule has 0 spiro atoms. The van der Waals surface area contributed by atoms with Crippen molar-refractivity contribution in [2.45, 2.75) is 0 Å². The molecular weight excluding hydrogens is 1040 g/mol. The first-order valence-electron chi connectivity index (χ1n) is 28.5. The van der Waals surface area contributed by atoms with Crippen LogP contribution in [-0.4, -0.2) is 6.71 Å². The molecule has 0 aliphatic carbocycles. The summed E-state index contributed by atoms with van der Waals surface area (Å²) in [6.07, 6.45) is 0. The second-order valence-corrected chi connectivity index (χ2v) is 23.9. The molecule has 0 N–H and O–H groups in total. The Hall–Kier alpha value is -10.0. The fraction of sp³-hybridized carbons (Fsp3) is 0. The molecule has 0 radical (unpaired) electrons. The van der Waals surface area contributed by atoms with Crippen molar-refractivity contribution < 1.29 is 0 Å². The van der Waals surface area contributed by atoms with Crippen LogP contribution in [0.2, 0.25) is 0 Å². The standard InChI is InChI=1S/C78H49BN2S2/c1-5-22-50(23-6-1)56-32-17-33-57(51-24-7-2-8-25-51)75(56)80-68-46-44-54(60-36-19-38-64-62-30-13-15-42-72(62)82-77(60)64)48-66(68)79-67-49-55(61-37-20-39-65-63-31-14-16-43-73(63)83-78(61)65)45-47-69(67)81(71-41-21-40-70(80)74(71)79)76-58(52-26-9-3-10-27-52)34-18-35-59(76)53-28-11-4-12-29-53/h1-49H. The van der Waals surface area contributed by atoms with Gasteiger partial charge in [0.15, 0.2) is 0 Å². The molecule has 17 rings (SSSR count). The van der Waals surface area contributed by atoms with Crippen LogP contribution in [0.5, 0.6) is 0 Å². The molecule has 0 saturated heterocycles. The predicted molar refractivity (Wildman–Crippen MR) is 359 cm³/mol. The zero-order valence-electron chi connectivity index (χ0n) is 45.1. The third kappa shape index (κ3) is 7.55. The number of nitrogens with zero attached hydrogens (tertiary/aromatic N) is 2. The van der Waals surface area contributed by atoms with Crippen molar-refractivity contribution >= 4 is 120 Å². The SMILES string of the molecule is c1ccc(-c2cccc(-c3ccccc3)c2N2c3ccc(-c4cccc5c4sc4ccccc45)cc3B3c4cc(-c5cccc6c5sc5ccccc56)ccc4N(c4c(-c5ccccc5)cccc4-c4ccccc4)c4cccc2c43)cc1. The number of para-hydroxylation sites is 2. The fourth-order valence-corrected chi connectivity index (χ4v) is 16.2. The molecule has 2 aliphatic heterocycles. The molecule has 15 aromatic rings. The van der Waals surface area contributed by atoms with Crippen molar-refractivity contribution in [2.75, 3.05) is 9.80 Å². The summed E-state index contributed by atoms with van der Waals surface area (Å²) in [5, 5.41) is 5.20. The monoisotopic (exact) mass is 1090 g/mol. The van der Waals surface area contributed by atoms with Gasteiger partial charge in [0, 0.05) is 85.3 Å². The molecule has 5 heteroatoms. The molecule has 0 unspecified atom stereocenters. The smallest absolute Gasteiger partial charge is 0.252 e. The Morgan fingerprint density at radius 1 is 0.241 bits per heavy atom. The number of anilines is 6. The molecule has 0 saturated carbocycles. The molecule has 0 amide bonds. The van der Waals surface area contributed by atoms with Gasteiger partial charge in [0.05, 0.1) is 11.4 Å². The van der Waals surface area contributed by atoms with E-state index in [9.17, 15) is 0 Å². The van der Waals surface area contributed by atoms with E-state index in [1.165, 1.54) is 113 Å². The summed E-state index contributed by atoms with van der Waals surface area (Å²) >= 11 is 3.79. The molecular formula is C78H49BN2S2. The van der Waals surface area contributed by atoms with E-state index in [1.807, 2.05) is 22.7 Å². The Labute approximate surface area is 490 Å². The van der Waals surface area contributed by atoms with Crippen LogP contribution in [-0.2, 0) is 0 Å². The third-order valence-electron chi connectivity index (χ3n) is 17.3. The van der Waals surface area contributed by atoms with Crippen LogP contribution in [0.1, 0.15) is 0 Å². The van der Waals surface area contributed by atoms with Gasteiger partial charge in [-0.25, -0.2) is 0 Å². The highest BCUT2D eigenvalue weighted by molar-refractivity contribution is 7.26. The first-order chi connectivity index (χ1) is 41.2. The molecule has 386 valence electrons. The van der Waals surface area contributed by atoms with Gasteiger partial charge in [-0.1, -0.05) is 261 Å². The van der Waals surface area contributed by atoms with Crippen molar-refractivity contribution in [3.05, 3.63) is 297 Å². The summed E-state index contributed by atoms with van der Waals surface area (Å²) in [5.41, 5.74) is 25.0. The highest BCUT2D eigenvalue weighted by Gasteiger charge is 2.45. The van der Waals surface area contributed by atoms with Crippen molar-refractivity contribution in [3.8, 4) is 66.8 Å². The van der Waals surface area contributed by atoms with E-state index in [0.29, 0.717) is 0 Å². The predicted octanol–water partition coefficient (Wildman–Crippen LogP) is 20.5. The van der Waals surface area contributed by atoms with Gasteiger partial charge in [0.25, 0.3) is 6.71 Å². The lowest BCUT2D eigenvalue weighted by Gasteiger charge is -2.45. The zero-order chi connectivity index (χ0) is 54.5. The lowest BCUT2D eigenvalue weighted by atomic mass is 9.33. The van der Waals surface area contributed by atoms with Crippen LogP contribution in [0.3, 0.4) is 0 Å². The van der Waals surface area contributed by atoms with Gasteiger partial charge in [-0.2, -0.15) is 0 Å². The van der Waals surface area contributed by atoms with Gasteiger partial charge in [-0.3, -0.25) is 0 Å². The highest BCUT2D eigenvalue weighted by Crippen LogP contribution is 2.53. The lowest BCUT2D eigenvalue weighted by molar-refractivity contribution is 1.25. The van der Waals surface area contributed by atoms with Crippen LogP contribution >= 0.6 is 22.7 Å². The average molecular weight is 1090 g/mol. The average Bonchev–Trinajstić information content (AvgIpc) is 1.67. The second-order valence-electron chi connectivity index (χ2n) is 21.8. The third-order valence-corrected chi connectivity index (χ3v) is 19.7. The van der Waals surface area contributed by atoms with Crippen LogP contribution in [0.4, 0.5) is 34.1 Å². The quantitative estimate of drug-likeness (QED) is 0.140. The Kier molecular flexibility index (Phi) is 11.1. The Bertz CT molecular complexity index is 4620. The summed E-state index contributed by atoms with van der Waals surface area (Å²) in [5.74, 6) is 0. The van der Waals surface area contributed by atoms with E-state index in [1.54, 1.807) is 0 Å². The molecule has 13 aromatic carbocycles. The van der Waals surface area contributed by atoms with Gasteiger partial charge in [0.1, 0.15) is 0 Å². The highest BCUT2D eigenvalue weighted by atomic mass is 32.1. The summed E-state index contributed by atoms with van der Waals surface area (Å²) in [4.78, 5) is 5.26. The lowest BCUT2D eigenvalue weighted by Crippen LogP contribution is -2.61. The Balaban J connectivity index is 1.01. The number of rotatable bonds is 8. The van der Waals surface area contributed by atoms with E-state index < -0.39 is 0 Å². The molecule has 2 nitrogen and oxygen atoms in total. The fourth-order valence-electron chi connectivity index (χ4n) is 13.7. The topological polar surface area (TPSA) is 6.48 Å². The molecule has 0 atom stereocenters. The number of benzene rings is 13. The minimum atomic E-state index is -0.171. The number of fused-ring (bicyclic) bond motifs is 10. The zero-order valence-corrected chi connectivity index (χ0v) is 46.7. The van der Waals surface area contributed by atoms with Crippen molar-refractivity contribution in [2.24, 2.45) is 0 Å². The van der Waals surface area contributed by atoms with E-state index >= 15 is 0 Å². The van der Waals surface area contributed by atoms with Gasteiger partial charge >= 0.3 is 0 Å². The molecule has 83 heavy (non-hydrogen) atoms. The normalized spacial score (nSPS) is 12.5. The van der Waals surface area contributed by atoms with Crippen molar-refractivity contribution in [1.82, 2.24) is 0 Å². The van der Waals surface area contributed by atoms with Gasteiger partial charge in [-0.05, 0) is 97.3 Å². The Morgan fingerprint density at radius 2 is 0.566 bits per heavy atom. The van der Waals surface area contributed by atoms with Gasteiger partial charge < -0.3 is 9.80 Å². The molecule has 0 fully saturated rings. The van der Waals surface area contributed by atoms with E-state index in [4.69, 9.17) is 0 Å².